The SMILES string of the molecule is CCCCCN(C)CC(CC)C(=O)O. The number of hydrogen-bond donors (Lipinski definition) is 1. The highest BCUT2D eigenvalue weighted by atomic mass is 16.4. The van der Waals surface area contributed by atoms with Gasteiger partial charge in [0.05, 0.1) is 5.92 Å². The van der Waals surface area contributed by atoms with Gasteiger partial charge >= 0.3 is 5.97 Å². The van der Waals surface area contributed by atoms with E-state index in [-0.39, 0.29) is 5.92 Å². The summed E-state index contributed by atoms with van der Waals surface area (Å²) in [6, 6.07) is 0. The number of rotatable bonds is 8. The summed E-state index contributed by atoms with van der Waals surface area (Å²) in [7, 11) is 2.00. The summed E-state index contributed by atoms with van der Waals surface area (Å²) < 4.78 is 0. The van der Waals surface area contributed by atoms with Gasteiger partial charge in [0.15, 0.2) is 0 Å². The molecule has 0 saturated carbocycles. The first-order chi connectivity index (χ1) is 6.61. The first-order valence-corrected chi connectivity index (χ1v) is 5.53. The normalized spacial score (nSPS) is 13.1. The van der Waals surface area contributed by atoms with Crippen molar-refractivity contribution in [1.29, 1.82) is 0 Å². The molecule has 0 aromatic rings. The first-order valence-electron chi connectivity index (χ1n) is 5.53. The predicted molar refractivity (Wildman–Crippen MR) is 58.4 cm³/mol. The highest BCUT2D eigenvalue weighted by Gasteiger charge is 2.16. The first kappa shape index (κ1) is 13.4. The van der Waals surface area contributed by atoms with Gasteiger partial charge in [0.2, 0.25) is 0 Å². The Balaban J connectivity index is 3.67. The summed E-state index contributed by atoms with van der Waals surface area (Å²) >= 11 is 0. The van der Waals surface area contributed by atoms with Crippen molar-refractivity contribution in [3.8, 4) is 0 Å². The number of aliphatic carboxylic acids is 1. The van der Waals surface area contributed by atoms with E-state index in [1.165, 1.54) is 19.3 Å². The third-order valence-corrected chi connectivity index (χ3v) is 2.52. The van der Waals surface area contributed by atoms with E-state index in [0.29, 0.717) is 13.0 Å². The number of hydrogen-bond acceptors (Lipinski definition) is 2. The number of unbranched alkanes of at least 4 members (excludes halogenated alkanes) is 2. The Kier molecular flexibility index (Phi) is 7.48. The van der Waals surface area contributed by atoms with Crippen molar-refractivity contribution >= 4 is 5.97 Å². The maximum atomic E-state index is 10.8. The monoisotopic (exact) mass is 201 g/mol. The van der Waals surface area contributed by atoms with Gasteiger partial charge in [-0.25, -0.2) is 0 Å². The van der Waals surface area contributed by atoms with Crippen molar-refractivity contribution in [2.45, 2.75) is 39.5 Å². The van der Waals surface area contributed by atoms with Crippen LogP contribution in [0.4, 0.5) is 0 Å². The number of nitrogens with zero attached hydrogens (tertiary/aromatic N) is 1. The molecule has 0 aliphatic heterocycles. The maximum absolute atomic E-state index is 10.8. The molecule has 0 heterocycles. The Hall–Kier alpha value is -0.570. The largest absolute Gasteiger partial charge is 0.481 e. The lowest BCUT2D eigenvalue weighted by Crippen LogP contribution is -2.30. The Morgan fingerprint density at radius 3 is 2.43 bits per heavy atom. The summed E-state index contributed by atoms with van der Waals surface area (Å²) in [4.78, 5) is 12.9. The van der Waals surface area contributed by atoms with Crippen LogP contribution in [0, 0.1) is 5.92 Å². The van der Waals surface area contributed by atoms with Crippen molar-refractivity contribution in [1.82, 2.24) is 4.90 Å². The van der Waals surface area contributed by atoms with Crippen molar-refractivity contribution in [2.75, 3.05) is 20.1 Å². The number of carboxylic acid groups (broad SMARTS) is 1. The Labute approximate surface area is 87.1 Å². The van der Waals surface area contributed by atoms with E-state index < -0.39 is 5.97 Å². The van der Waals surface area contributed by atoms with Gasteiger partial charge in [0, 0.05) is 6.54 Å². The third-order valence-electron chi connectivity index (χ3n) is 2.52. The molecule has 84 valence electrons. The molecule has 0 aliphatic carbocycles. The maximum Gasteiger partial charge on any atom is 0.307 e. The van der Waals surface area contributed by atoms with Crippen molar-refractivity contribution < 1.29 is 9.90 Å². The van der Waals surface area contributed by atoms with Gasteiger partial charge in [-0.1, -0.05) is 26.7 Å². The molecule has 0 radical (unpaired) electrons. The molecular weight excluding hydrogens is 178 g/mol. The molecule has 0 rings (SSSR count). The second kappa shape index (κ2) is 7.80. The van der Waals surface area contributed by atoms with E-state index in [4.69, 9.17) is 5.11 Å². The summed E-state index contributed by atoms with van der Waals surface area (Å²) in [5, 5.41) is 8.87. The minimum absolute atomic E-state index is 0.207. The molecule has 0 bridgehead atoms. The van der Waals surface area contributed by atoms with E-state index in [1.54, 1.807) is 0 Å². The van der Waals surface area contributed by atoms with Crippen LogP contribution in [-0.2, 0) is 4.79 Å². The van der Waals surface area contributed by atoms with Gasteiger partial charge in [-0.2, -0.15) is 0 Å². The summed E-state index contributed by atoms with van der Waals surface area (Å²) in [5.74, 6) is -0.878. The van der Waals surface area contributed by atoms with E-state index in [1.807, 2.05) is 14.0 Å². The second-order valence-electron chi connectivity index (χ2n) is 3.91. The van der Waals surface area contributed by atoms with Crippen LogP contribution < -0.4 is 0 Å². The zero-order valence-corrected chi connectivity index (χ0v) is 9.62. The molecular formula is C11H23NO2. The van der Waals surface area contributed by atoms with E-state index in [9.17, 15) is 4.79 Å². The summed E-state index contributed by atoms with van der Waals surface area (Å²) in [5.41, 5.74) is 0. The van der Waals surface area contributed by atoms with Crippen LogP contribution in [-0.4, -0.2) is 36.1 Å². The van der Waals surface area contributed by atoms with E-state index >= 15 is 0 Å². The molecule has 0 spiro atoms. The van der Waals surface area contributed by atoms with Crippen LogP contribution in [0.25, 0.3) is 0 Å². The lowest BCUT2D eigenvalue weighted by Gasteiger charge is -2.20. The lowest BCUT2D eigenvalue weighted by atomic mass is 10.1. The van der Waals surface area contributed by atoms with E-state index in [2.05, 4.69) is 11.8 Å². The Morgan fingerprint density at radius 2 is 2.00 bits per heavy atom. The van der Waals surface area contributed by atoms with Crippen molar-refractivity contribution in [3.05, 3.63) is 0 Å². The minimum Gasteiger partial charge on any atom is -0.481 e. The fourth-order valence-electron chi connectivity index (χ4n) is 1.48. The molecule has 1 N–H and O–H groups in total. The Morgan fingerprint density at radius 1 is 1.36 bits per heavy atom. The fourth-order valence-corrected chi connectivity index (χ4v) is 1.48. The molecule has 3 heteroatoms. The van der Waals surface area contributed by atoms with Crippen LogP contribution in [0.1, 0.15) is 39.5 Å². The summed E-state index contributed by atoms with van der Waals surface area (Å²) in [6.07, 6.45) is 4.33. The molecule has 14 heavy (non-hydrogen) atoms. The highest BCUT2D eigenvalue weighted by molar-refractivity contribution is 5.70. The van der Waals surface area contributed by atoms with Crippen LogP contribution in [0.2, 0.25) is 0 Å². The smallest absolute Gasteiger partial charge is 0.307 e. The van der Waals surface area contributed by atoms with Gasteiger partial charge < -0.3 is 10.0 Å². The molecule has 1 unspecified atom stereocenters. The van der Waals surface area contributed by atoms with Crippen molar-refractivity contribution in [2.24, 2.45) is 5.92 Å². The van der Waals surface area contributed by atoms with Crippen LogP contribution >= 0.6 is 0 Å². The highest BCUT2D eigenvalue weighted by Crippen LogP contribution is 2.06. The van der Waals surface area contributed by atoms with Gasteiger partial charge in [0.25, 0.3) is 0 Å². The van der Waals surface area contributed by atoms with Gasteiger partial charge in [-0.15, -0.1) is 0 Å². The standard InChI is InChI=1S/C11H23NO2/c1-4-6-7-8-12(3)9-10(5-2)11(13)14/h10H,4-9H2,1-3H3,(H,13,14). The predicted octanol–water partition coefficient (Wildman–Crippen LogP) is 2.22. The summed E-state index contributed by atoms with van der Waals surface area (Å²) in [6.45, 7) is 5.79. The zero-order valence-electron chi connectivity index (χ0n) is 9.62. The van der Waals surface area contributed by atoms with Crippen LogP contribution in [0.15, 0.2) is 0 Å². The minimum atomic E-state index is -0.671. The molecule has 0 aliphatic rings. The molecule has 3 nitrogen and oxygen atoms in total. The van der Waals surface area contributed by atoms with Gasteiger partial charge in [-0.05, 0) is 26.4 Å². The number of carboxylic acids is 1. The molecule has 0 fully saturated rings. The molecule has 0 aromatic heterocycles. The second-order valence-corrected chi connectivity index (χ2v) is 3.91. The lowest BCUT2D eigenvalue weighted by molar-refractivity contribution is -0.142. The van der Waals surface area contributed by atoms with Crippen LogP contribution in [0.3, 0.4) is 0 Å². The number of carbonyl (C=O) groups is 1. The molecule has 0 amide bonds. The average molecular weight is 201 g/mol. The van der Waals surface area contributed by atoms with Crippen LogP contribution in [0.5, 0.6) is 0 Å². The molecule has 1 atom stereocenters. The average Bonchev–Trinajstić information content (AvgIpc) is 2.14. The quantitative estimate of drug-likeness (QED) is 0.612. The third kappa shape index (κ3) is 5.97. The molecule has 0 aromatic carbocycles. The van der Waals surface area contributed by atoms with Gasteiger partial charge in [0.1, 0.15) is 0 Å². The fraction of sp³-hybridized carbons (Fsp3) is 0.909. The Bertz CT molecular complexity index is 159. The molecule has 0 saturated heterocycles. The van der Waals surface area contributed by atoms with Crippen molar-refractivity contribution in [3.63, 3.8) is 0 Å². The van der Waals surface area contributed by atoms with E-state index in [0.717, 1.165) is 6.54 Å². The van der Waals surface area contributed by atoms with Gasteiger partial charge in [-0.3, -0.25) is 4.79 Å². The zero-order chi connectivity index (χ0) is 11.0. The topological polar surface area (TPSA) is 40.5 Å².